The van der Waals surface area contributed by atoms with Crippen LogP contribution in [0.2, 0.25) is 0 Å². The summed E-state index contributed by atoms with van der Waals surface area (Å²) in [6.45, 7) is 2.07. The fourth-order valence-electron chi connectivity index (χ4n) is 2.22. The normalized spacial score (nSPS) is 18.7. The van der Waals surface area contributed by atoms with Crippen molar-refractivity contribution in [3.63, 3.8) is 0 Å². The maximum atomic E-state index is 13.3. The van der Waals surface area contributed by atoms with E-state index in [1.807, 2.05) is 22.6 Å². The number of benzene rings is 1. The van der Waals surface area contributed by atoms with E-state index in [0.717, 1.165) is 0 Å². The first-order chi connectivity index (χ1) is 8.50. The van der Waals surface area contributed by atoms with Gasteiger partial charge in [0.25, 0.3) is 0 Å². The highest BCUT2D eigenvalue weighted by molar-refractivity contribution is 14.1. The summed E-state index contributed by atoms with van der Waals surface area (Å²) in [5.74, 6) is 0. The highest BCUT2D eigenvalue weighted by Crippen LogP contribution is 2.39. The van der Waals surface area contributed by atoms with Crippen LogP contribution in [-0.2, 0) is 0 Å². The van der Waals surface area contributed by atoms with Crippen LogP contribution in [0.1, 0.15) is 11.6 Å². The molecule has 2 nitrogen and oxygen atoms in total. The van der Waals surface area contributed by atoms with E-state index >= 15 is 0 Å². The minimum atomic E-state index is -4.24. The monoisotopic (exact) mass is 406 g/mol. The number of halogens is 5. The summed E-state index contributed by atoms with van der Waals surface area (Å²) >= 11 is 1.97. The molecule has 108 valence electrons. The van der Waals surface area contributed by atoms with Gasteiger partial charge < -0.3 is 5.32 Å². The van der Waals surface area contributed by atoms with Crippen molar-refractivity contribution < 1.29 is 13.2 Å². The van der Waals surface area contributed by atoms with Gasteiger partial charge in [0, 0.05) is 29.7 Å². The van der Waals surface area contributed by atoms with Gasteiger partial charge in [0.1, 0.15) is 6.04 Å². The predicted molar refractivity (Wildman–Crippen MR) is 79.6 cm³/mol. The van der Waals surface area contributed by atoms with Crippen LogP contribution in [0.5, 0.6) is 0 Å². The van der Waals surface area contributed by atoms with Crippen LogP contribution in [0, 0.1) is 3.57 Å². The summed E-state index contributed by atoms with van der Waals surface area (Å²) in [6, 6.07) is 5.22. The van der Waals surface area contributed by atoms with E-state index in [0.29, 0.717) is 35.3 Å². The van der Waals surface area contributed by atoms with Crippen molar-refractivity contribution in [2.45, 2.75) is 12.2 Å². The van der Waals surface area contributed by atoms with Crippen LogP contribution in [0.3, 0.4) is 0 Å². The number of hydrogen-bond donors (Lipinski definition) is 1. The molecule has 2 rings (SSSR count). The highest BCUT2D eigenvalue weighted by atomic mass is 127. The third kappa shape index (κ3) is 4.21. The van der Waals surface area contributed by atoms with E-state index < -0.39 is 12.2 Å². The lowest BCUT2D eigenvalue weighted by Crippen LogP contribution is -2.49. The summed E-state index contributed by atoms with van der Waals surface area (Å²) < 4.78 is 40.6. The van der Waals surface area contributed by atoms with Gasteiger partial charge in [-0.05, 0) is 34.2 Å². The molecule has 0 bridgehead atoms. The molecule has 19 heavy (non-hydrogen) atoms. The number of rotatable bonds is 2. The third-order valence-corrected chi connectivity index (χ3v) is 4.01. The van der Waals surface area contributed by atoms with E-state index in [9.17, 15) is 13.2 Å². The van der Waals surface area contributed by atoms with Crippen molar-refractivity contribution in [2.75, 3.05) is 26.2 Å². The molecule has 1 atom stereocenters. The molecule has 0 spiro atoms. The Balaban J connectivity index is 0.00000180. The fourth-order valence-corrected chi connectivity index (χ4v) is 2.90. The average molecular weight is 407 g/mol. The van der Waals surface area contributed by atoms with Crippen molar-refractivity contribution >= 4 is 35.0 Å². The van der Waals surface area contributed by atoms with Crippen LogP contribution >= 0.6 is 35.0 Å². The minimum Gasteiger partial charge on any atom is -0.314 e. The molecule has 7 heteroatoms. The molecular formula is C12H15ClF3IN2. The van der Waals surface area contributed by atoms with Crippen LogP contribution in [0.15, 0.2) is 24.3 Å². The van der Waals surface area contributed by atoms with E-state index in [2.05, 4.69) is 5.32 Å². The minimum absolute atomic E-state index is 0. The van der Waals surface area contributed by atoms with Crippen molar-refractivity contribution in [1.82, 2.24) is 10.2 Å². The molecular weight excluding hydrogens is 391 g/mol. The number of alkyl halides is 3. The molecule has 1 saturated heterocycles. The molecule has 1 heterocycles. The van der Waals surface area contributed by atoms with Gasteiger partial charge in [0.2, 0.25) is 0 Å². The molecule has 0 saturated carbocycles. The molecule has 1 N–H and O–H groups in total. The molecule has 1 aromatic carbocycles. The zero-order valence-electron chi connectivity index (χ0n) is 10.1. The quantitative estimate of drug-likeness (QED) is 0.759. The molecule has 0 unspecified atom stereocenters. The first-order valence-corrected chi connectivity index (χ1v) is 6.84. The SMILES string of the molecule is Cl.FC(F)(F)[C@H](c1ccccc1I)N1CCNCC1. The van der Waals surface area contributed by atoms with Gasteiger partial charge in [-0.2, -0.15) is 13.2 Å². The third-order valence-electron chi connectivity index (χ3n) is 3.03. The molecule has 0 aromatic heterocycles. The number of nitrogens with zero attached hydrogens (tertiary/aromatic N) is 1. The zero-order valence-corrected chi connectivity index (χ0v) is 13.1. The van der Waals surface area contributed by atoms with Gasteiger partial charge in [0.15, 0.2) is 0 Å². The van der Waals surface area contributed by atoms with Crippen molar-refractivity contribution in [1.29, 1.82) is 0 Å². The van der Waals surface area contributed by atoms with E-state index in [1.54, 1.807) is 24.3 Å². The predicted octanol–water partition coefficient (Wildman–Crippen LogP) is 3.22. The zero-order chi connectivity index (χ0) is 13.2. The van der Waals surface area contributed by atoms with E-state index in [1.165, 1.54) is 4.90 Å². The van der Waals surface area contributed by atoms with Crippen LogP contribution in [0.4, 0.5) is 13.2 Å². The lowest BCUT2D eigenvalue weighted by molar-refractivity contribution is -0.188. The number of nitrogens with one attached hydrogen (secondary N) is 1. The van der Waals surface area contributed by atoms with Crippen molar-refractivity contribution in [2.24, 2.45) is 0 Å². The average Bonchev–Trinajstić information content (AvgIpc) is 2.32. The fraction of sp³-hybridized carbons (Fsp3) is 0.500. The second-order valence-electron chi connectivity index (χ2n) is 4.25. The van der Waals surface area contributed by atoms with Gasteiger partial charge in [-0.15, -0.1) is 12.4 Å². The highest BCUT2D eigenvalue weighted by Gasteiger charge is 2.45. The van der Waals surface area contributed by atoms with Gasteiger partial charge in [-0.1, -0.05) is 18.2 Å². The molecule has 1 aromatic rings. The Morgan fingerprint density at radius 1 is 1.16 bits per heavy atom. The lowest BCUT2D eigenvalue weighted by Gasteiger charge is -2.36. The van der Waals surface area contributed by atoms with E-state index in [-0.39, 0.29) is 12.4 Å². The summed E-state index contributed by atoms with van der Waals surface area (Å²) in [5, 5.41) is 3.08. The Bertz CT molecular complexity index is 408. The second kappa shape index (κ2) is 7.10. The maximum Gasteiger partial charge on any atom is 0.408 e. The molecule has 0 amide bonds. The molecule has 1 aliphatic rings. The summed E-state index contributed by atoms with van der Waals surface area (Å²) in [6.07, 6.45) is -4.24. The summed E-state index contributed by atoms with van der Waals surface area (Å²) in [7, 11) is 0. The van der Waals surface area contributed by atoms with Crippen LogP contribution in [0.25, 0.3) is 0 Å². The second-order valence-corrected chi connectivity index (χ2v) is 5.41. The smallest absolute Gasteiger partial charge is 0.314 e. The van der Waals surface area contributed by atoms with Gasteiger partial charge in [-0.25, -0.2) is 0 Å². The topological polar surface area (TPSA) is 15.3 Å². The van der Waals surface area contributed by atoms with Crippen LogP contribution < -0.4 is 5.32 Å². The van der Waals surface area contributed by atoms with Crippen LogP contribution in [-0.4, -0.2) is 37.3 Å². The first kappa shape index (κ1) is 17.0. The molecule has 0 radical (unpaired) electrons. The van der Waals surface area contributed by atoms with Gasteiger partial charge in [0.05, 0.1) is 0 Å². The Morgan fingerprint density at radius 3 is 2.26 bits per heavy atom. The number of piperazine rings is 1. The Labute approximate surface area is 130 Å². The largest absolute Gasteiger partial charge is 0.408 e. The summed E-state index contributed by atoms with van der Waals surface area (Å²) in [4.78, 5) is 1.51. The first-order valence-electron chi connectivity index (χ1n) is 5.76. The maximum absolute atomic E-state index is 13.3. The number of hydrogen-bond acceptors (Lipinski definition) is 2. The Morgan fingerprint density at radius 2 is 1.74 bits per heavy atom. The molecule has 1 fully saturated rings. The van der Waals surface area contributed by atoms with Crippen molar-refractivity contribution in [3.8, 4) is 0 Å². The molecule has 0 aliphatic carbocycles. The Hall–Kier alpha value is -0.0500. The van der Waals surface area contributed by atoms with E-state index in [4.69, 9.17) is 0 Å². The van der Waals surface area contributed by atoms with Gasteiger partial charge >= 0.3 is 6.18 Å². The van der Waals surface area contributed by atoms with Crippen molar-refractivity contribution in [3.05, 3.63) is 33.4 Å². The Kier molecular flexibility index (Phi) is 6.35. The standard InChI is InChI=1S/C12H14F3IN2.ClH/c13-12(14,15)11(18-7-5-17-6-8-18)9-3-1-2-4-10(9)16;/h1-4,11,17H,5-8H2;1H/t11-;/m0./s1. The van der Waals surface area contributed by atoms with Gasteiger partial charge in [-0.3, -0.25) is 4.90 Å². The lowest BCUT2D eigenvalue weighted by atomic mass is 10.0. The molecule has 1 aliphatic heterocycles. The summed E-state index contributed by atoms with van der Waals surface area (Å²) in [5.41, 5.74) is 0.354.